The van der Waals surface area contributed by atoms with Gasteiger partial charge in [-0.3, -0.25) is 4.90 Å². The standard InChI is InChI=1S/C25H33NO/c1-3-16-26-21-13-9-14-22(26)18-23(17-21)27-25(20-11-5-4-6-12-20)24-15-8-7-10-19(24)2/h4-8,10-12,15,21-23,25H,3,9,13-14,16-18H2,1-2H3. The molecule has 0 aliphatic carbocycles. The molecule has 2 aromatic carbocycles. The second-order valence-electron chi connectivity index (χ2n) is 8.35. The van der Waals surface area contributed by atoms with Crippen molar-refractivity contribution in [2.24, 2.45) is 0 Å². The SMILES string of the molecule is CCCN1C2CCCC1CC(OC(c1ccccc1)c1ccccc1C)C2. The maximum atomic E-state index is 6.88. The molecule has 2 heteroatoms. The summed E-state index contributed by atoms with van der Waals surface area (Å²) in [6.45, 7) is 5.76. The summed E-state index contributed by atoms with van der Waals surface area (Å²) in [5.41, 5.74) is 3.90. The summed E-state index contributed by atoms with van der Waals surface area (Å²) < 4.78 is 6.88. The third kappa shape index (κ3) is 4.12. The molecule has 0 spiro atoms. The minimum atomic E-state index is 0.0378. The van der Waals surface area contributed by atoms with Crippen LogP contribution in [0.3, 0.4) is 0 Å². The number of aryl methyl sites for hydroxylation is 1. The first-order chi connectivity index (χ1) is 13.3. The number of fused-ring (bicyclic) bond motifs is 2. The molecule has 2 bridgehead atoms. The van der Waals surface area contributed by atoms with E-state index in [9.17, 15) is 0 Å². The first-order valence-corrected chi connectivity index (χ1v) is 10.8. The van der Waals surface area contributed by atoms with Gasteiger partial charge in [0, 0.05) is 12.1 Å². The van der Waals surface area contributed by atoms with E-state index in [-0.39, 0.29) is 6.10 Å². The fourth-order valence-corrected chi connectivity index (χ4v) is 5.20. The Labute approximate surface area is 164 Å². The molecule has 0 aromatic heterocycles. The summed E-state index contributed by atoms with van der Waals surface area (Å²) in [5.74, 6) is 0. The van der Waals surface area contributed by atoms with Crippen molar-refractivity contribution in [3.8, 4) is 0 Å². The average Bonchev–Trinajstić information content (AvgIpc) is 2.68. The Morgan fingerprint density at radius 1 is 0.963 bits per heavy atom. The second kappa shape index (κ2) is 8.58. The van der Waals surface area contributed by atoms with E-state index in [1.54, 1.807) is 0 Å². The summed E-state index contributed by atoms with van der Waals surface area (Å²) in [6, 6.07) is 20.9. The van der Waals surface area contributed by atoms with Crippen LogP contribution in [0.4, 0.5) is 0 Å². The van der Waals surface area contributed by atoms with Gasteiger partial charge in [0.25, 0.3) is 0 Å². The van der Waals surface area contributed by atoms with E-state index in [2.05, 4.69) is 73.3 Å². The Hall–Kier alpha value is -1.64. The molecule has 3 atom stereocenters. The first kappa shape index (κ1) is 18.7. The van der Waals surface area contributed by atoms with Gasteiger partial charge in [-0.15, -0.1) is 0 Å². The summed E-state index contributed by atoms with van der Waals surface area (Å²) in [5, 5.41) is 0. The van der Waals surface area contributed by atoms with E-state index in [0.29, 0.717) is 6.10 Å². The minimum Gasteiger partial charge on any atom is -0.365 e. The predicted octanol–water partition coefficient (Wildman–Crippen LogP) is 5.90. The van der Waals surface area contributed by atoms with E-state index < -0.39 is 0 Å². The average molecular weight is 364 g/mol. The van der Waals surface area contributed by atoms with Crippen LogP contribution in [0.2, 0.25) is 0 Å². The molecule has 0 radical (unpaired) electrons. The number of hydrogen-bond donors (Lipinski definition) is 0. The lowest BCUT2D eigenvalue weighted by Crippen LogP contribution is -2.54. The zero-order valence-electron chi connectivity index (χ0n) is 16.8. The third-order valence-corrected chi connectivity index (χ3v) is 6.47. The van der Waals surface area contributed by atoms with Crippen molar-refractivity contribution in [3.63, 3.8) is 0 Å². The van der Waals surface area contributed by atoms with Gasteiger partial charge in [-0.1, -0.05) is 67.9 Å². The number of nitrogens with zero attached hydrogens (tertiary/aromatic N) is 1. The fourth-order valence-electron chi connectivity index (χ4n) is 5.20. The van der Waals surface area contributed by atoms with Crippen LogP contribution in [0, 0.1) is 6.92 Å². The van der Waals surface area contributed by atoms with Gasteiger partial charge in [-0.2, -0.15) is 0 Å². The van der Waals surface area contributed by atoms with Crippen LogP contribution in [-0.2, 0) is 4.74 Å². The lowest BCUT2D eigenvalue weighted by Gasteiger charge is -2.49. The van der Waals surface area contributed by atoms with Crippen molar-refractivity contribution >= 4 is 0 Å². The third-order valence-electron chi connectivity index (χ3n) is 6.47. The number of hydrogen-bond acceptors (Lipinski definition) is 2. The number of ether oxygens (including phenoxy) is 1. The molecule has 2 nitrogen and oxygen atoms in total. The highest BCUT2D eigenvalue weighted by Gasteiger charge is 2.39. The lowest BCUT2D eigenvalue weighted by molar-refractivity contribution is -0.0800. The monoisotopic (exact) mass is 363 g/mol. The van der Waals surface area contributed by atoms with E-state index >= 15 is 0 Å². The Morgan fingerprint density at radius 3 is 2.30 bits per heavy atom. The van der Waals surface area contributed by atoms with Crippen LogP contribution in [0.15, 0.2) is 54.6 Å². The van der Waals surface area contributed by atoms with E-state index in [1.807, 2.05) is 0 Å². The number of rotatable bonds is 6. The van der Waals surface area contributed by atoms with Crippen LogP contribution < -0.4 is 0 Å². The molecule has 2 fully saturated rings. The quantitative estimate of drug-likeness (QED) is 0.634. The number of piperidine rings is 2. The van der Waals surface area contributed by atoms with Gasteiger partial charge >= 0.3 is 0 Å². The Morgan fingerprint density at radius 2 is 1.63 bits per heavy atom. The van der Waals surface area contributed by atoms with Gasteiger partial charge in [0.2, 0.25) is 0 Å². The Bertz CT molecular complexity index is 714. The van der Waals surface area contributed by atoms with E-state index in [0.717, 1.165) is 12.1 Å². The molecule has 3 unspecified atom stereocenters. The highest BCUT2D eigenvalue weighted by Crippen LogP contribution is 2.38. The molecule has 0 N–H and O–H groups in total. The lowest BCUT2D eigenvalue weighted by atomic mass is 9.82. The van der Waals surface area contributed by atoms with Gasteiger partial charge < -0.3 is 4.74 Å². The molecule has 2 saturated heterocycles. The smallest absolute Gasteiger partial charge is 0.108 e. The molecule has 2 aliphatic rings. The molecule has 27 heavy (non-hydrogen) atoms. The van der Waals surface area contributed by atoms with Crippen LogP contribution in [0.5, 0.6) is 0 Å². The van der Waals surface area contributed by atoms with Crippen LogP contribution >= 0.6 is 0 Å². The van der Waals surface area contributed by atoms with Gasteiger partial charge in [-0.05, 0) is 62.3 Å². The summed E-state index contributed by atoms with van der Waals surface area (Å²) in [6.07, 6.45) is 8.11. The largest absolute Gasteiger partial charge is 0.365 e. The number of benzene rings is 2. The van der Waals surface area contributed by atoms with Crippen molar-refractivity contribution in [2.45, 2.75) is 76.7 Å². The highest BCUT2D eigenvalue weighted by molar-refractivity contribution is 5.35. The van der Waals surface area contributed by atoms with Crippen LogP contribution in [0.1, 0.15) is 68.2 Å². The van der Waals surface area contributed by atoms with Crippen LogP contribution in [0.25, 0.3) is 0 Å². The maximum Gasteiger partial charge on any atom is 0.108 e. The van der Waals surface area contributed by atoms with Crippen molar-refractivity contribution in [1.29, 1.82) is 0 Å². The molecule has 4 rings (SSSR count). The zero-order valence-corrected chi connectivity index (χ0v) is 16.8. The summed E-state index contributed by atoms with van der Waals surface area (Å²) in [4.78, 5) is 2.79. The van der Waals surface area contributed by atoms with Gasteiger partial charge in [0.1, 0.15) is 6.10 Å². The molecule has 144 valence electrons. The maximum absolute atomic E-state index is 6.88. The van der Waals surface area contributed by atoms with Crippen molar-refractivity contribution < 1.29 is 4.74 Å². The Balaban J connectivity index is 1.57. The highest BCUT2D eigenvalue weighted by atomic mass is 16.5. The Kier molecular flexibility index (Phi) is 5.95. The summed E-state index contributed by atoms with van der Waals surface area (Å²) >= 11 is 0. The van der Waals surface area contributed by atoms with Crippen molar-refractivity contribution in [3.05, 3.63) is 71.3 Å². The molecule has 2 heterocycles. The fraction of sp³-hybridized carbons (Fsp3) is 0.520. The van der Waals surface area contributed by atoms with E-state index in [4.69, 9.17) is 4.74 Å². The van der Waals surface area contributed by atoms with E-state index in [1.165, 1.54) is 61.8 Å². The first-order valence-electron chi connectivity index (χ1n) is 10.8. The normalized spacial score (nSPS) is 26.7. The topological polar surface area (TPSA) is 12.5 Å². The second-order valence-corrected chi connectivity index (χ2v) is 8.35. The molecule has 0 saturated carbocycles. The van der Waals surface area contributed by atoms with Crippen molar-refractivity contribution in [2.75, 3.05) is 6.54 Å². The van der Waals surface area contributed by atoms with Crippen LogP contribution in [-0.4, -0.2) is 29.6 Å². The minimum absolute atomic E-state index is 0.0378. The molecular weight excluding hydrogens is 330 g/mol. The van der Waals surface area contributed by atoms with Gasteiger partial charge in [0.15, 0.2) is 0 Å². The van der Waals surface area contributed by atoms with Crippen molar-refractivity contribution in [1.82, 2.24) is 4.90 Å². The summed E-state index contributed by atoms with van der Waals surface area (Å²) in [7, 11) is 0. The van der Waals surface area contributed by atoms with Gasteiger partial charge in [0.05, 0.1) is 6.10 Å². The molecular formula is C25H33NO. The van der Waals surface area contributed by atoms with Gasteiger partial charge in [-0.25, -0.2) is 0 Å². The predicted molar refractivity (Wildman–Crippen MR) is 112 cm³/mol. The molecule has 2 aromatic rings. The zero-order chi connectivity index (χ0) is 18.6. The molecule has 2 aliphatic heterocycles. The molecule has 0 amide bonds.